The molecule has 2 fully saturated rings. The van der Waals surface area contributed by atoms with Gasteiger partial charge in [0.15, 0.2) is 11.6 Å². The van der Waals surface area contributed by atoms with Crippen molar-refractivity contribution >= 4 is 11.5 Å². The standard InChI is InChI=1S/C20H21N7O2/c1-12-9-17(23-19(22-12)14-3-2-4-16(10-14)27(28)29)21-11-18-24-25-20(13-5-6-13)26(18)15-7-8-15/h2-4,9-10,13,15H,5-8,11H2,1H3,(H,21,22,23). The van der Waals surface area contributed by atoms with Crippen LogP contribution in [0, 0.1) is 17.0 Å². The van der Waals surface area contributed by atoms with Crippen LogP contribution in [0.15, 0.2) is 30.3 Å². The molecular formula is C20H21N7O2. The number of hydrogen-bond acceptors (Lipinski definition) is 7. The number of nitrogens with zero attached hydrogens (tertiary/aromatic N) is 6. The number of aryl methyl sites for hydroxylation is 1. The monoisotopic (exact) mass is 391 g/mol. The number of nitrogens with one attached hydrogen (secondary N) is 1. The van der Waals surface area contributed by atoms with E-state index in [2.05, 4.69) is 30.0 Å². The molecule has 1 aromatic carbocycles. The number of rotatable bonds is 7. The Bertz CT molecular complexity index is 1090. The van der Waals surface area contributed by atoms with Gasteiger partial charge < -0.3 is 9.88 Å². The number of benzene rings is 1. The van der Waals surface area contributed by atoms with E-state index in [1.54, 1.807) is 12.1 Å². The van der Waals surface area contributed by atoms with E-state index in [1.807, 2.05) is 13.0 Å². The first kappa shape index (κ1) is 17.7. The molecule has 0 saturated heterocycles. The van der Waals surface area contributed by atoms with E-state index >= 15 is 0 Å². The average Bonchev–Trinajstić information content (AvgIpc) is 3.65. The van der Waals surface area contributed by atoms with Gasteiger partial charge in [0.1, 0.15) is 11.6 Å². The highest BCUT2D eigenvalue weighted by atomic mass is 16.6. The minimum absolute atomic E-state index is 0.0206. The number of non-ortho nitro benzene ring substituents is 1. The van der Waals surface area contributed by atoms with Crippen LogP contribution in [-0.2, 0) is 6.54 Å². The number of aromatic nitrogens is 5. The first-order valence-electron chi connectivity index (χ1n) is 9.86. The molecule has 2 heterocycles. The molecule has 148 valence electrons. The lowest BCUT2D eigenvalue weighted by atomic mass is 10.2. The van der Waals surface area contributed by atoms with Gasteiger partial charge in [0.25, 0.3) is 5.69 Å². The smallest absolute Gasteiger partial charge is 0.270 e. The lowest BCUT2D eigenvalue weighted by molar-refractivity contribution is -0.384. The summed E-state index contributed by atoms with van der Waals surface area (Å²) in [6.07, 6.45) is 4.79. The second-order valence-corrected chi connectivity index (χ2v) is 7.73. The van der Waals surface area contributed by atoms with E-state index in [1.165, 1.54) is 37.8 Å². The zero-order valence-corrected chi connectivity index (χ0v) is 16.1. The summed E-state index contributed by atoms with van der Waals surface area (Å²) in [5.74, 6) is 3.75. The Hall–Kier alpha value is -3.36. The molecule has 9 heteroatoms. The van der Waals surface area contributed by atoms with Crippen LogP contribution in [0.4, 0.5) is 11.5 Å². The molecule has 3 aromatic rings. The Morgan fingerprint density at radius 2 is 2.00 bits per heavy atom. The van der Waals surface area contributed by atoms with Gasteiger partial charge >= 0.3 is 0 Å². The van der Waals surface area contributed by atoms with E-state index in [4.69, 9.17) is 0 Å². The Morgan fingerprint density at radius 3 is 2.72 bits per heavy atom. The summed E-state index contributed by atoms with van der Waals surface area (Å²) in [5.41, 5.74) is 1.42. The van der Waals surface area contributed by atoms with Crippen LogP contribution in [0.5, 0.6) is 0 Å². The van der Waals surface area contributed by atoms with Crippen LogP contribution in [0.2, 0.25) is 0 Å². The predicted molar refractivity (Wildman–Crippen MR) is 106 cm³/mol. The summed E-state index contributed by atoms with van der Waals surface area (Å²) in [7, 11) is 0. The van der Waals surface area contributed by atoms with Crippen LogP contribution in [0.3, 0.4) is 0 Å². The molecule has 0 aliphatic heterocycles. The topological polar surface area (TPSA) is 112 Å². The average molecular weight is 391 g/mol. The molecule has 5 rings (SSSR count). The molecule has 9 nitrogen and oxygen atoms in total. The molecule has 29 heavy (non-hydrogen) atoms. The molecule has 0 bridgehead atoms. The fourth-order valence-corrected chi connectivity index (χ4v) is 3.52. The van der Waals surface area contributed by atoms with Crippen molar-refractivity contribution in [1.82, 2.24) is 24.7 Å². The van der Waals surface area contributed by atoms with Crippen molar-refractivity contribution in [3.05, 3.63) is 57.8 Å². The van der Waals surface area contributed by atoms with Crippen molar-refractivity contribution in [3.63, 3.8) is 0 Å². The SMILES string of the molecule is Cc1cc(NCc2nnc(C3CC3)n2C2CC2)nc(-c2cccc([N+](=O)[O-])c2)n1. The molecule has 2 aliphatic rings. The fraction of sp³-hybridized carbons (Fsp3) is 0.400. The molecule has 2 aliphatic carbocycles. The maximum absolute atomic E-state index is 11.1. The van der Waals surface area contributed by atoms with Gasteiger partial charge in [-0.05, 0) is 32.6 Å². The lowest BCUT2D eigenvalue weighted by Gasteiger charge is -2.11. The van der Waals surface area contributed by atoms with Crippen molar-refractivity contribution in [2.45, 2.75) is 51.1 Å². The second kappa shape index (κ2) is 6.91. The maximum Gasteiger partial charge on any atom is 0.270 e. The van der Waals surface area contributed by atoms with E-state index in [9.17, 15) is 10.1 Å². The minimum Gasteiger partial charge on any atom is -0.363 e. The van der Waals surface area contributed by atoms with Crippen molar-refractivity contribution in [2.24, 2.45) is 0 Å². The highest BCUT2D eigenvalue weighted by molar-refractivity contribution is 5.61. The van der Waals surface area contributed by atoms with Crippen molar-refractivity contribution < 1.29 is 4.92 Å². The zero-order valence-electron chi connectivity index (χ0n) is 16.1. The van der Waals surface area contributed by atoms with Gasteiger partial charge in [0, 0.05) is 41.4 Å². The van der Waals surface area contributed by atoms with Gasteiger partial charge in [0.2, 0.25) is 0 Å². The molecule has 2 aromatic heterocycles. The molecule has 0 radical (unpaired) electrons. The molecule has 0 unspecified atom stereocenters. The van der Waals surface area contributed by atoms with Crippen molar-refractivity contribution in [1.29, 1.82) is 0 Å². The van der Waals surface area contributed by atoms with E-state index in [0.29, 0.717) is 35.7 Å². The Balaban J connectivity index is 1.39. The van der Waals surface area contributed by atoms with E-state index in [-0.39, 0.29) is 5.69 Å². The van der Waals surface area contributed by atoms with Crippen LogP contribution in [0.25, 0.3) is 11.4 Å². The highest BCUT2D eigenvalue weighted by Crippen LogP contribution is 2.44. The van der Waals surface area contributed by atoms with Gasteiger partial charge in [-0.3, -0.25) is 10.1 Å². The third-order valence-corrected chi connectivity index (χ3v) is 5.24. The number of hydrogen-bond donors (Lipinski definition) is 1. The molecule has 0 spiro atoms. The fourth-order valence-electron chi connectivity index (χ4n) is 3.52. The Labute approximate surface area is 167 Å². The third-order valence-electron chi connectivity index (χ3n) is 5.24. The van der Waals surface area contributed by atoms with Gasteiger partial charge in [-0.2, -0.15) is 0 Å². The second-order valence-electron chi connectivity index (χ2n) is 7.73. The van der Waals surface area contributed by atoms with Crippen LogP contribution in [-0.4, -0.2) is 29.7 Å². The summed E-state index contributed by atoms with van der Waals surface area (Å²) < 4.78 is 2.31. The maximum atomic E-state index is 11.1. The van der Waals surface area contributed by atoms with Crippen LogP contribution >= 0.6 is 0 Å². The summed E-state index contributed by atoms with van der Waals surface area (Å²) in [5, 5.41) is 23.3. The summed E-state index contributed by atoms with van der Waals surface area (Å²) in [6, 6.07) is 8.76. The predicted octanol–water partition coefficient (Wildman–Crippen LogP) is 3.78. The summed E-state index contributed by atoms with van der Waals surface area (Å²) in [6.45, 7) is 2.41. The molecule has 2 saturated carbocycles. The number of nitro groups is 1. The molecule has 0 atom stereocenters. The van der Waals surface area contributed by atoms with Gasteiger partial charge in [0.05, 0.1) is 11.5 Å². The normalized spacial score (nSPS) is 16.0. The van der Waals surface area contributed by atoms with Crippen molar-refractivity contribution in [3.8, 4) is 11.4 Å². The number of nitro benzene ring substituents is 1. The summed E-state index contributed by atoms with van der Waals surface area (Å²) in [4.78, 5) is 19.7. The van der Waals surface area contributed by atoms with E-state index in [0.717, 1.165) is 17.3 Å². The molecular weight excluding hydrogens is 370 g/mol. The Morgan fingerprint density at radius 1 is 1.17 bits per heavy atom. The molecule has 0 amide bonds. The van der Waals surface area contributed by atoms with Crippen molar-refractivity contribution in [2.75, 3.05) is 5.32 Å². The zero-order chi connectivity index (χ0) is 20.0. The van der Waals surface area contributed by atoms with Gasteiger partial charge in [-0.15, -0.1) is 10.2 Å². The van der Waals surface area contributed by atoms with Gasteiger partial charge in [-0.1, -0.05) is 12.1 Å². The number of anilines is 1. The first-order valence-corrected chi connectivity index (χ1v) is 9.86. The van der Waals surface area contributed by atoms with Gasteiger partial charge in [-0.25, -0.2) is 9.97 Å². The van der Waals surface area contributed by atoms with Crippen LogP contribution < -0.4 is 5.32 Å². The lowest BCUT2D eigenvalue weighted by Crippen LogP contribution is -2.11. The van der Waals surface area contributed by atoms with E-state index < -0.39 is 4.92 Å². The highest BCUT2D eigenvalue weighted by Gasteiger charge is 2.36. The third kappa shape index (κ3) is 3.67. The minimum atomic E-state index is -0.416. The molecule has 1 N–H and O–H groups in total. The van der Waals surface area contributed by atoms with Crippen LogP contribution in [0.1, 0.15) is 55.0 Å². The summed E-state index contributed by atoms with van der Waals surface area (Å²) >= 11 is 0. The largest absolute Gasteiger partial charge is 0.363 e. The Kier molecular flexibility index (Phi) is 4.22. The first-order chi connectivity index (χ1) is 14.1. The quantitative estimate of drug-likeness (QED) is 0.482.